The second kappa shape index (κ2) is 8.02. The van der Waals surface area contributed by atoms with E-state index >= 15 is 0 Å². The van der Waals surface area contributed by atoms with Gasteiger partial charge in [0.1, 0.15) is 11.3 Å². The fraction of sp³-hybridized carbons (Fsp3) is 0.190. The van der Waals surface area contributed by atoms with Crippen LogP contribution in [0.25, 0.3) is 11.3 Å². The number of carbonyl (C=O) groups is 1. The van der Waals surface area contributed by atoms with Gasteiger partial charge in [0.05, 0.1) is 5.69 Å². The van der Waals surface area contributed by atoms with E-state index in [1.165, 1.54) is 32.0 Å². The number of aromatic nitrogens is 2. The van der Waals surface area contributed by atoms with Gasteiger partial charge in [0.2, 0.25) is 0 Å². The van der Waals surface area contributed by atoms with Crippen LogP contribution in [0.2, 0.25) is 0 Å². The first-order valence-electron chi connectivity index (χ1n) is 8.90. The predicted octanol–water partition coefficient (Wildman–Crippen LogP) is 4.18. The second-order valence-electron chi connectivity index (χ2n) is 6.92. The number of carbonyl (C=O) groups excluding carboxylic acids is 1. The maximum atomic E-state index is 12.8. The molecule has 0 unspecified atom stereocenters. The summed E-state index contributed by atoms with van der Waals surface area (Å²) in [7, 11) is 0. The average molecular weight is 417 g/mol. The number of nitrogens with zero attached hydrogens (tertiary/aromatic N) is 2. The first-order chi connectivity index (χ1) is 14.1. The molecule has 0 aliphatic heterocycles. The summed E-state index contributed by atoms with van der Waals surface area (Å²) < 4.78 is 41.6. The van der Waals surface area contributed by atoms with Gasteiger partial charge in [0.15, 0.2) is 0 Å². The van der Waals surface area contributed by atoms with Crippen LogP contribution in [0, 0.1) is 0 Å². The van der Waals surface area contributed by atoms with Crippen molar-refractivity contribution < 1.29 is 22.7 Å². The maximum absolute atomic E-state index is 12.8. The van der Waals surface area contributed by atoms with E-state index < -0.39 is 29.1 Å². The van der Waals surface area contributed by atoms with Gasteiger partial charge in [-0.15, -0.1) is 13.2 Å². The summed E-state index contributed by atoms with van der Waals surface area (Å²) in [5.41, 5.74) is -0.297. The number of anilines is 1. The molecule has 0 fully saturated rings. The summed E-state index contributed by atoms with van der Waals surface area (Å²) in [6.45, 7) is 3.04. The highest BCUT2D eigenvalue weighted by Crippen LogP contribution is 2.25. The molecule has 0 aliphatic carbocycles. The molecule has 2 aromatic carbocycles. The summed E-state index contributed by atoms with van der Waals surface area (Å²) in [6, 6.07) is 16.8. The van der Waals surface area contributed by atoms with Crippen LogP contribution in [0.3, 0.4) is 0 Å². The first-order valence-corrected chi connectivity index (χ1v) is 8.90. The normalized spacial score (nSPS) is 11.8. The fourth-order valence-corrected chi connectivity index (χ4v) is 2.69. The summed E-state index contributed by atoms with van der Waals surface area (Å²) in [5, 5.41) is 6.91. The number of benzene rings is 2. The lowest BCUT2D eigenvalue weighted by Crippen LogP contribution is -2.47. The lowest BCUT2D eigenvalue weighted by Gasteiger charge is -2.25. The van der Waals surface area contributed by atoms with Crippen molar-refractivity contribution in [1.29, 1.82) is 0 Å². The van der Waals surface area contributed by atoms with E-state index in [1.807, 2.05) is 30.3 Å². The van der Waals surface area contributed by atoms with Crippen LogP contribution < -0.4 is 15.6 Å². The summed E-state index contributed by atoms with van der Waals surface area (Å²) in [6.07, 6.45) is -4.80. The molecule has 0 saturated carbocycles. The van der Waals surface area contributed by atoms with E-state index in [0.29, 0.717) is 5.69 Å². The van der Waals surface area contributed by atoms with Gasteiger partial charge in [-0.2, -0.15) is 5.10 Å². The standard InChI is InChI=1S/C21H18F3N3O3/c1-20(2,19(29)25-15-8-10-16(11-9-15)30-21(22,23)24)27-18(28)13-12-17(26-27)14-6-4-3-5-7-14/h3-13H,1-2H3,(H,25,29). The Kier molecular flexibility index (Phi) is 5.64. The lowest BCUT2D eigenvalue weighted by atomic mass is 10.0. The fourth-order valence-electron chi connectivity index (χ4n) is 2.69. The van der Waals surface area contributed by atoms with Gasteiger partial charge in [0.25, 0.3) is 11.5 Å². The minimum absolute atomic E-state index is 0.245. The molecule has 6 nitrogen and oxygen atoms in total. The quantitative estimate of drug-likeness (QED) is 0.676. The molecule has 0 radical (unpaired) electrons. The van der Waals surface area contributed by atoms with Crippen molar-refractivity contribution in [2.45, 2.75) is 25.7 Å². The van der Waals surface area contributed by atoms with Crippen molar-refractivity contribution in [1.82, 2.24) is 9.78 Å². The van der Waals surface area contributed by atoms with E-state index in [1.54, 1.807) is 6.07 Å². The Balaban J connectivity index is 1.83. The zero-order valence-corrected chi connectivity index (χ0v) is 16.1. The Labute approximate surface area is 169 Å². The van der Waals surface area contributed by atoms with Crippen LogP contribution in [0.1, 0.15) is 13.8 Å². The third kappa shape index (κ3) is 4.86. The van der Waals surface area contributed by atoms with Crippen LogP contribution in [-0.4, -0.2) is 22.1 Å². The van der Waals surface area contributed by atoms with Crippen molar-refractivity contribution in [3.63, 3.8) is 0 Å². The number of halogens is 3. The van der Waals surface area contributed by atoms with Gasteiger partial charge in [-0.25, -0.2) is 4.68 Å². The topological polar surface area (TPSA) is 73.2 Å². The number of alkyl halides is 3. The van der Waals surface area contributed by atoms with E-state index in [-0.39, 0.29) is 5.69 Å². The number of amides is 1. The zero-order chi connectivity index (χ0) is 21.9. The molecule has 1 aromatic heterocycles. The highest BCUT2D eigenvalue weighted by Gasteiger charge is 2.33. The monoisotopic (exact) mass is 417 g/mol. The molecule has 0 saturated heterocycles. The number of ether oxygens (including phenoxy) is 1. The number of rotatable bonds is 5. The molecule has 156 valence electrons. The molecule has 9 heteroatoms. The third-order valence-corrected chi connectivity index (χ3v) is 4.30. The van der Waals surface area contributed by atoms with E-state index in [0.717, 1.165) is 22.4 Å². The Hall–Kier alpha value is -3.62. The molecule has 3 aromatic rings. The first kappa shape index (κ1) is 21.1. The molecule has 0 atom stereocenters. The molecule has 0 aliphatic rings. The van der Waals surface area contributed by atoms with E-state index in [4.69, 9.17) is 0 Å². The van der Waals surface area contributed by atoms with Crippen LogP contribution in [0.4, 0.5) is 18.9 Å². The Morgan fingerprint density at radius 1 is 0.967 bits per heavy atom. The van der Waals surface area contributed by atoms with E-state index in [9.17, 15) is 22.8 Å². The minimum Gasteiger partial charge on any atom is -0.406 e. The molecular weight excluding hydrogens is 399 g/mol. The SMILES string of the molecule is CC(C)(C(=O)Nc1ccc(OC(F)(F)F)cc1)n1nc(-c2ccccc2)ccc1=O. The maximum Gasteiger partial charge on any atom is 0.573 e. The van der Waals surface area contributed by atoms with Gasteiger partial charge in [-0.3, -0.25) is 9.59 Å². The number of hydrogen-bond acceptors (Lipinski definition) is 4. The molecule has 1 amide bonds. The molecular formula is C21H18F3N3O3. The molecule has 0 spiro atoms. The Bertz CT molecular complexity index is 1090. The van der Waals surface area contributed by atoms with Crippen LogP contribution in [0.5, 0.6) is 5.75 Å². The van der Waals surface area contributed by atoms with Gasteiger partial charge < -0.3 is 10.1 Å². The lowest BCUT2D eigenvalue weighted by molar-refractivity contribution is -0.274. The zero-order valence-electron chi connectivity index (χ0n) is 16.1. The van der Waals surface area contributed by atoms with Crippen molar-refractivity contribution >= 4 is 11.6 Å². The summed E-state index contributed by atoms with van der Waals surface area (Å²) in [4.78, 5) is 25.2. The highest BCUT2D eigenvalue weighted by atomic mass is 19.4. The number of nitrogens with one attached hydrogen (secondary N) is 1. The summed E-state index contributed by atoms with van der Waals surface area (Å²) >= 11 is 0. The summed E-state index contributed by atoms with van der Waals surface area (Å²) in [5.74, 6) is -0.972. The van der Waals surface area contributed by atoms with Crippen LogP contribution in [-0.2, 0) is 10.3 Å². The van der Waals surface area contributed by atoms with Gasteiger partial charge in [0, 0.05) is 17.3 Å². The average Bonchev–Trinajstić information content (AvgIpc) is 2.69. The highest BCUT2D eigenvalue weighted by molar-refractivity contribution is 5.96. The smallest absolute Gasteiger partial charge is 0.406 e. The molecule has 1 heterocycles. The third-order valence-electron chi connectivity index (χ3n) is 4.30. The Morgan fingerprint density at radius 2 is 1.60 bits per heavy atom. The predicted molar refractivity (Wildman–Crippen MR) is 105 cm³/mol. The molecule has 0 bridgehead atoms. The van der Waals surface area contributed by atoms with Crippen molar-refractivity contribution in [3.05, 3.63) is 77.1 Å². The van der Waals surface area contributed by atoms with E-state index in [2.05, 4.69) is 15.2 Å². The molecule has 3 rings (SSSR count). The molecule has 1 N–H and O–H groups in total. The largest absolute Gasteiger partial charge is 0.573 e. The van der Waals surface area contributed by atoms with Crippen LogP contribution in [0.15, 0.2) is 71.5 Å². The minimum atomic E-state index is -4.80. The van der Waals surface area contributed by atoms with Crippen LogP contribution >= 0.6 is 0 Å². The van der Waals surface area contributed by atoms with Gasteiger partial charge >= 0.3 is 6.36 Å². The Morgan fingerprint density at radius 3 is 2.20 bits per heavy atom. The van der Waals surface area contributed by atoms with Gasteiger partial charge in [-0.05, 0) is 44.2 Å². The van der Waals surface area contributed by atoms with Crippen molar-refractivity contribution in [2.75, 3.05) is 5.32 Å². The van der Waals surface area contributed by atoms with Gasteiger partial charge in [-0.1, -0.05) is 30.3 Å². The second-order valence-corrected chi connectivity index (χ2v) is 6.92. The van der Waals surface area contributed by atoms with Crippen molar-refractivity contribution in [3.8, 4) is 17.0 Å². The number of hydrogen-bond donors (Lipinski definition) is 1. The molecule has 30 heavy (non-hydrogen) atoms. The van der Waals surface area contributed by atoms with Crippen molar-refractivity contribution in [2.24, 2.45) is 0 Å².